The monoisotopic (exact) mass is 646 g/mol. The summed E-state index contributed by atoms with van der Waals surface area (Å²) >= 11 is 9.66. The summed E-state index contributed by atoms with van der Waals surface area (Å²) in [5.74, 6) is -0.0165. The first-order valence-corrected chi connectivity index (χ1v) is 14.7. The van der Waals surface area contributed by atoms with Gasteiger partial charge in [0.2, 0.25) is 11.1 Å². The second-order valence-electron chi connectivity index (χ2n) is 8.47. The minimum absolute atomic E-state index is 0.00396. The molecule has 36 heavy (non-hydrogen) atoms. The topological polar surface area (TPSA) is 105 Å². The zero-order chi connectivity index (χ0) is 25.4. The van der Waals surface area contributed by atoms with E-state index in [9.17, 15) is 14.4 Å². The van der Waals surface area contributed by atoms with Gasteiger partial charge >= 0.3 is 0 Å². The Bertz CT molecular complexity index is 1410. The van der Waals surface area contributed by atoms with Gasteiger partial charge in [0.25, 0.3) is 0 Å². The molecule has 1 aliphatic heterocycles. The third kappa shape index (κ3) is 5.11. The first-order valence-electron chi connectivity index (χ1n) is 11.1. The number of aromatic nitrogens is 3. The van der Waals surface area contributed by atoms with E-state index in [0.717, 1.165) is 37.4 Å². The number of hydrogen-bond donors (Lipinski definition) is 2. The molecular formula is C25H20Br2N4O3S2. The molecule has 0 radical (unpaired) electrons. The predicted octanol–water partition coefficient (Wildman–Crippen LogP) is 5.35. The highest BCUT2D eigenvalue weighted by atomic mass is 79.9. The number of Topliss-reactive ketones (excluding diaryl/α,β-unsaturated/α-hetero) is 2. The first-order chi connectivity index (χ1) is 17.3. The van der Waals surface area contributed by atoms with Crippen molar-refractivity contribution in [2.24, 2.45) is 0 Å². The number of rotatable bonds is 6. The van der Waals surface area contributed by atoms with Crippen LogP contribution >= 0.6 is 55.4 Å². The molecular weight excluding hydrogens is 628 g/mol. The lowest BCUT2D eigenvalue weighted by Crippen LogP contribution is -2.42. The van der Waals surface area contributed by atoms with Crippen molar-refractivity contribution >= 4 is 78.9 Å². The molecule has 2 N–H and O–H groups in total. The molecule has 1 fully saturated rings. The molecule has 0 spiro atoms. The van der Waals surface area contributed by atoms with Gasteiger partial charge in [-0.25, -0.2) is 4.98 Å². The van der Waals surface area contributed by atoms with Crippen molar-refractivity contribution in [2.75, 3.05) is 11.5 Å². The molecule has 3 aromatic rings. The summed E-state index contributed by atoms with van der Waals surface area (Å²) in [7, 11) is 0. The summed E-state index contributed by atoms with van der Waals surface area (Å²) in [4.78, 5) is 42.9. The van der Waals surface area contributed by atoms with Gasteiger partial charge in [-0.1, -0.05) is 79.5 Å². The van der Waals surface area contributed by atoms with Gasteiger partial charge in [0.05, 0.1) is 16.8 Å². The summed E-state index contributed by atoms with van der Waals surface area (Å²) in [5.41, 5.74) is 3.36. The lowest BCUT2D eigenvalue weighted by atomic mass is 9.82. The SMILES string of the molecule is CC1=Cc2ccc(Br)cc2C(=O)C1c1nc(SCC(=O)NC2C(=O)CSC2c2ccccc2Br)n[nH]1. The number of aromatic amines is 1. The highest BCUT2D eigenvalue weighted by molar-refractivity contribution is 9.10. The molecule has 2 heterocycles. The Labute approximate surface area is 232 Å². The predicted molar refractivity (Wildman–Crippen MR) is 148 cm³/mol. The smallest absolute Gasteiger partial charge is 0.231 e. The molecule has 184 valence electrons. The minimum atomic E-state index is -0.587. The summed E-state index contributed by atoms with van der Waals surface area (Å²) in [6.07, 6.45) is 1.98. The maximum Gasteiger partial charge on any atom is 0.231 e. The van der Waals surface area contributed by atoms with Gasteiger partial charge in [0, 0.05) is 14.5 Å². The second-order valence-corrected chi connectivity index (χ2v) is 12.3. The zero-order valence-electron chi connectivity index (χ0n) is 19.0. The Kier molecular flexibility index (Phi) is 7.52. The number of carbonyl (C=O) groups is 3. The lowest BCUT2D eigenvalue weighted by molar-refractivity contribution is -0.124. The molecule has 3 atom stereocenters. The standard InChI is InChI=1S/C25H20Br2N4O3S2/c1-12-8-13-6-7-14(26)9-16(13)22(34)20(12)24-29-25(31-30-24)36-11-19(33)28-21-18(32)10-35-23(21)15-4-2-3-5-17(15)27/h2-9,20-21,23H,10-11H2,1H3,(H,28,33)(H,29,30,31). The highest BCUT2D eigenvalue weighted by Gasteiger charge is 2.38. The molecule has 0 saturated carbocycles. The van der Waals surface area contributed by atoms with Crippen LogP contribution in [-0.2, 0) is 9.59 Å². The molecule has 1 aliphatic carbocycles. The normalized spacial score (nSPS) is 21.3. The van der Waals surface area contributed by atoms with Crippen molar-refractivity contribution in [1.29, 1.82) is 0 Å². The number of amides is 1. The molecule has 1 amide bonds. The number of thioether (sulfide) groups is 2. The number of nitrogens with one attached hydrogen (secondary N) is 2. The van der Waals surface area contributed by atoms with Gasteiger partial charge in [0.1, 0.15) is 17.8 Å². The fraction of sp³-hybridized carbons (Fsp3) is 0.240. The first kappa shape index (κ1) is 25.4. The van der Waals surface area contributed by atoms with E-state index in [1.54, 1.807) is 0 Å². The molecule has 1 aromatic heterocycles. The van der Waals surface area contributed by atoms with E-state index in [4.69, 9.17) is 0 Å². The van der Waals surface area contributed by atoms with Crippen molar-refractivity contribution < 1.29 is 14.4 Å². The number of fused-ring (bicyclic) bond motifs is 1. The van der Waals surface area contributed by atoms with Crippen molar-refractivity contribution in [3.63, 3.8) is 0 Å². The van der Waals surface area contributed by atoms with Crippen LogP contribution in [0, 0.1) is 0 Å². The third-order valence-corrected chi connectivity index (χ3v) is 9.45. The number of halogens is 2. The van der Waals surface area contributed by atoms with E-state index in [-0.39, 0.29) is 28.5 Å². The van der Waals surface area contributed by atoms with Crippen molar-refractivity contribution in [2.45, 2.75) is 29.3 Å². The van der Waals surface area contributed by atoms with Crippen LogP contribution < -0.4 is 5.32 Å². The van der Waals surface area contributed by atoms with Crippen molar-refractivity contribution in [3.05, 3.63) is 79.5 Å². The molecule has 11 heteroatoms. The van der Waals surface area contributed by atoms with Gasteiger partial charge in [-0.3, -0.25) is 19.5 Å². The van der Waals surface area contributed by atoms with Crippen molar-refractivity contribution in [3.8, 4) is 0 Å². The number of carbonyl (C=O) groups excluding carboxylic acids is 3. The maximum absolute atomic E-state index is 13.2. The van der Waals surface area contributed by atoms with E-state index in [2.05, 4.69) is 52.4 Å². The minimum Gasteiger partial charge on any atom is -0.344 e. The van der Waals surface area contributed by atoms with Gasteiger partial charge in [-0.2, -0.15) is 0 Å². The summed E-state index contributed by atoms with van der Waals surface area (Å²) in [5, 5.41) is 10.2. The van der Waals surface area contributed by atoms with Crippen molar-refractivity contribution in [1.82, 2.24) is 20.5 Å². The maximum atomic E-state index is 13.2. The number of allylic oxidation sites excluding steroid dienone is 1. The quantitative estimate of drug-likeness (QED) is 0.348. The van der Waals surface area contributed by atoms with Gasteiger partial charge in [-0.05, 0) is 36.2 Å². The number of ketones is 2. The van der Waals surface area contributed by atoms with Crippen LogP contribution in [0.1, 0.15) is 45.4 Å². The molecule has 2 aliphatic rings. The summed E-state index contributed by atoms with van der Waals surface area (Å²) < 4.78 is 1.75. The van der Waals surface area contributed by atoms with Gasteiger partial charge in [0.15, 0.2) is 11.6 Å². The van der Waals surface area contributed by atoms with E-state index in [1.165, 1.54) is 11.8 Å². The number of H-pyrrole nitrogens is 1. The van der Waals surface area contributed by atoms with Crippen LogP contribution in [0.5, 0.6) is 0 Å². The average molecular weight is 648 g/mol. The van der Waals surface area contributed by atoms with E-state index in [1.807, 2.05) is 55.5 Å². The largest absolute Gasteiger partial charge is 0.344 e. The van der Waals surface area contributed by atoms with Crippen LogP contribution in [0.3, 0.4) is 0 Å². The fourth-order valence-electron chi connectivity index (χ4n) is 4.35. The number of benzene rings is 2. The Morgan fingerprint density at radius 3 is 2.83 bits per heavy atom. The van der Waals surface area contributed by atoms with E-state index >= 15 is 0 Å². The van der Waals surface area contributed by atoms with Gasteiger partial charge < -0.3 is 5.32 Å². The summed E-state index contributed by atoms with van der Waals surface area (Å²) in [6, 6.07) is 12.8. The summed E-state index contributed by atoms with van der Waals surface area (Å²) in [6.45, 7) is 1.90. The molecule has 3 unspecified atom stereocenters. The Morgan fingerprint density at radius 1 is 1.22 bits per heavy atom. The Morgan fingerprint density at radius 2 is 2.03 bits per heavy atom. The highest BCUT2D eigenvalue weighted by Crippen LogP contribution is 2.41. The second kappa shape index (κ2) is 10.6. The van der Waals surface area contributed by atoms with Crippen LogP contribution in [-0.4, -0.2) is 50.2 Å². The number of nitrogens with zero attached hydrogens (tertiary/aromatic N) is 2. The molecule has 7 nitrogen and oxygen atoms in total. The van der Waals surface area contributed by atoms with Crippen LogP contribution in [0.2, 0.25) is 0 Å². The van der Waals surface area contributed by atoms with Gasteiger partial charge in [-0.15, -0.1) is 16.9 Å². The number of hydrogen-bond acceptors (Lipinski definition) is 7. The fourth-order valence-corrected chi connectivity index (χ4v) is 7.33. The lowest BCUT2D eigenvalue weighted by Gasteiger charge is -2.21. The molecule has 5 rings (SSSR count). The average Bonchev–Trinajstić information content (AvgIpc) is 3.46. The van der Waals surface area contributed by atoms with E-state index < -0.39 is 12.0 Å². The molecule has 0 bridgehead atoms. The Hall–Kier alpha value is -2.21. The zero-order valence-corrected chi connectivity index (χ0v) is 23.8. The third-order valence-electron chi connectivity index (χ3n) is 6.05. The van der Waals surface area contributed by atoms with Crippen LogP contribution in [0.4, 0.5) is 0 Å². The van der Waals surface area contributed by atoms with E-state index in [0.29, 0.717) is 22.3 Å². The Balaban J connectivity index is 1.24. The molecule has 2 aromatic carbocycles. The van der Waals surface area contributed by atoms with Crippen LogP contribution in [0.15, 0.2) is 62.1 Å². The van der Waals surface area contributed by atoms with Crippen LogP contribution in [0.25, 0.3) is 6.08 Å². The molecule has 1 saturated heterocycles.